The topological polar surface area (TPSA) is 107 Å². The number of nitriles is 1. The van der Waals surface area contributed by atoms with Gasteiger partial charge in [-0.25, -0.2) is 0 Å². The maximum Gasteiger partial charge on any atom is 0.270 e. The summed E-state index contributed by atoms with van der Waals surface area (Å²) in [7, 11) is 0. The van der Waals surface area contributed by atoms with E-state index in [4.69, 9.17) is 5.26 Å². The van der Waals surface area contributed by atoms with Gasteiger partial charge in [-0.05, 0) is 16.9 Å². The first kappa shape index (κ1) is 11.5. The third-order valence-corrected chi connectivity index (χ3v) is 2.05. The number of aromatic nitrogens is 4. The molecule has 0 fully saturated rings. The molecule has 0 bridgehead atoms. The van der Waals surface area contributed by atoms with Gasteiger partial charge in [0.25, 0.3) is 11.9 Å². The number of aromatic amines is 1. The van der Waals surface area contributed by atoms with E-state index in [1.165, 1.54) is 6.08 Å². The van der Waals surface area contributed by atoms with Crippen LogP contribution in [0.5, 0.6) is 0 Å². The monoisotopic (exact) mass is 240 g/mol. The Morgan fingerprint density at radius 3 is 2.78 bits per heavy atom. The lowest BCUT2D eigenvalue weighted by Gasteiger charge is -1.98. The molecule has 0 saturated heterocycles. The number of hydrogen-bond donors (Lipinski definition) is 2. The maximum atomic E-state index is 11.7. The van der Waals surface area contributed by atoms with Crippen molar-refractivity contribution < 1.29 is 4.79 Å². The van der Waals surface area contributed by atoms with E-state index in [2.05, 4.69) is 25.9 Å². The quantitative estimate of drug-likeness (QED) is 0.607. The predicted octanol–water partition coefficient (Wildman–Crippen LogP) is 0.745. The van der Waals surface area contributed by atoms with E-state index < -0.39 is 5.91 Å². The van der Waals surface area contributed by atoms with Crippen molar-refractivity contribution in [3.05, 3.63) is 41.5 Å². The highest BCUT2D eigenvalue weighted by atomic mass is 16.1. The molecule has 7 heteroatoms. The highest BCUT2D eigenvalue weighted by Gasteiger charge is 2.11. The molecule has 0 unspecified atom stereocenters. The fourth-order valence-electron chi connectivity index (χ4n) is 1.25. The molecule has 2 aromatic rings. The molecule has 18 heavy (non-hydrogen) atoms. The van der Waals surface area contributed by atoms with Gasteiger partial charge < -0.3 is 0 Å². The van der Waals surface area contributed by atoms with Crippen LogP contribution in [0.1, 0.15) is 5.56 Å². The molecule has 7 nitrogen and oxygen atoms in total. The van der Waals surface area contributed by atoms with Crippen molar-refractivity contribution in [3.63, 3.8) is 0 Å². The number of nitrogens with zero attached hydrogens (tertiary/aromatic N) is 4. The van der Waals surface area contributed by atoms with Gasteiger partial charge in [0.15, 0.2) is 0 Å². The van der Waals surface area contributed by atoms with Crippen LogP contribution < -0.4 is 5.32 Å². The Morgan fingerprint density at radius 1 is 1.39 bits per heavy atom. The number of tetrazole rings is 1. The number of hydrogen-bond acceptors (Lipinski definition) is 5. The van der Waals surface area contributed by atoms with Crippen LogP contribution in [0.15, 0.2) is 35.9 Å². The molecule has 0 aliphatic carbocycles. The van der Waals surface area contributed by atoms with Crippen molar-refractivity contribution >= 4 is 17.9 Å². The smallest absolute Gasteiger partial charge is 0.270 e. The van der Waals surface area contributed by atoms with E-state index in [9.17, 15) is 4.79 Å². The Kier molecular flexibility index (Phi) is 3.42. The minimum absolute atomic E-state index is 0.0224. The lowest BCUT2D eigenvalue weighted by atomic mass is 10.1. The molecule has 1 amide bonds. The molecule has 0 atom stereocenters. The van der Waals surface area contributed by atoms with Gasteiger partial charge >= 0.3 is 0 Å². The Bertz CT molecular complexity index is 596. The van der Waals surface area contributed by atoms with Crippen molar-refractivity contribution in [2.24, 2.45) is 0 Å². The number of rotatable bonds is 3. The highest BCUT2D eigenvalue weighted by Crippen LogP contribution is 2.07. The van der Waals surface area contributed by atoms with Gasteiger partial charge in [-0.2, -0.15) is 10.5 Å². The summed E-state index contributed by atoms with van der Waals surface area (Å²) < 4.78 is 0. The molecule has 2 N–H and O–H groups in total. The first-order chi connectivity index (χ1) is 8.79. The largest absolute Gasteiger partial charge is 0.287 e. The van der Waals surface area contributed by atoms with Crippen LogP contribution in [0.2, 0.25) is 0 Å². The Morgan fingerprint density at radius 2 is 2.17 bits per heavy atom. The normalized spacial score (nSPS) is 10.7. The molecule has 0 spiro atoms. The summed E-state index contributed by atoms with van der Waals surface area (Å²) >= 11 is 0. The standard InChI is InChI=1S/C11H8N6O/c12-7-9(6-8-4-2-1-3-5-8)10(18)13-11-14-16-17-15-11/h1-6H,(H2,13,14,15,16,17,18)/b9-6+. The highest BCUT2D eigenvalue weighted by molar-refractivity contribution is 6.08. The molecule has 1 aromatic carbocycles. The van der Waals surface area contributed by atoms with Crippen molar-refractivity contribution in [2.45, 2.75) is 0 Å². The van der Waals surface area contributed by atoms with E-state index in [0.29, 0.717) is 0 Å². The average molecular weight is 240 g/mol. The molecular formula is C11H8N6O. The van der Waals surface area contributed by atoms with Gasteiger partial charge in [0, 0.05) is 0 Å². The zero-order valence-corrected chi connectivity index (χ0v) is 9.16. The Balaban J connectivity index is 2.17. The first-order valence-corrected chi connectivity index (χ1v) is 5.01. The van der Waals surface area contributed by atoms with Gasteiger partial charge in [-0.1, -0.05) is 35.4 Å². The third-order valence-electron chi connectivity index (χ3n) is 2.05. The average Bonchev–Trinajstić information content (AvgIpc) is 2.90. The van der Waals surface area contributed by atoms with Gasteiger partial charge in [0.1, 0.15) is 11.6 Å². The van der Waals surface area contributed by atoms with Crippen LogP contribution in [0, 0.1) is 11.3 Å². The summed E-state index contributed by atoms with van der Waals surface area (Å²) in [5.41, 5.74) is 0.725. The predicted molar refractivity (Wildman–Crippen MR) is 62.8 cm³/mol. The van der Waals surface area contributed by atoms with E-state index in [-0.39, 0.29) is 11.5 Å². The van der Waals surface area contributed by atoms with E-state index in [0.717, 1.165) is 5.56 Å². The molecule has 0 radical (unpaired) electrons. The van der Waals surface area contributed by atoms with Gasteiger partial charge in [0.05, 0.1) is 0 Å². The summed E-state index contributed by atoms with van der Waals surface area (Å²) in [6.07, 6.45) is 1.48. The van der Waals surface area contributed by atoms with Gasteiger partial charge in [-0.3, -0.25) is 10.1 Å². The fraction of sp³-hybridized carbons (Fsp3) is 0. The summed E-state index contributed by atoms with van der Waals surface area (Å²) in [6, 6.07) is 10.9. The van der Waals surface area contributed by atoms with E-state index in [1.54, 1.807) is 12.1 Å². The second-order valence-electron chi connectivity index (χ2n) is 3.27. The van der Waals surface area contributed by atoms with Crippen LogP contribution in [0.3, 0.4) is 0 Å². The summed E-state index contributed by atoms with van der Waals surface area (Å²) in [5.74, 6) is -0.558. The second-order valence-corrected chi connectivity index (χ2v) is 3.27. The molecule has 2 rings (SSSR count). The molecule has 0 aliphatic rings. The van der Waals surface area contributed by atoms with Crippen LogP contribution in [0.25, 0.3) is 6.08 Å². The van der Waals surface area contributed by atoms with Crippen molar-refractivity contribution in [1.29, 1.82) is 5.26 Å². The van der Waals surface area contributed by atoms with Gasteiger partial charge in [-0.15, -0.1) is 5.10 Å². The SMILES string of the molecule is N#C/C(=C\c1ccccc1)C(=O)Nc1nn[nH]n1. The molecular weight excluding hydrogens is 232 g/mol. The zero-order chi connectivity index (χ0) is 12.8. The maximum absolute atomic E-state index is 11.7. The molecule has 0 saturated carbocycles. The second kappa shape index (κ2) is 5.36. The van der Waals surface area contributed by atoms with Crippen molar-refractivity contribution in [2.75, 3.05) is 5.32 Å². The number of amides is 1. The Labute approximate surface area is 102 Å². The summed E-state index contributed by atoms with van der Waals surface area (Å²) in [5, 5.41) is 23.9. The van der Waals surface area contributed by atoms with Crippen molar-refractivity contribution in [3.8, 4) is 6.07 Å². The summed E-state index contributed by atoms with van der Waals surface area (Å²) in [4.78, 5) is 11.7. The molecule has 1 aromatic heterocycles. The van der Waals surface area contributed by atoms with Crippen molar-refractivity contribution in [1.82, 2.24) is 20.6 Å². The first-order valence-electron chi connectivity index (χ1n) is 5.01. The number of nitrogens with one attached hydrogen (secondary N) is 2. The Hall–Kier alpha value is -3.01. The number of benzene rings is 1. The molecule has 0 aliphatic heterocycles. The van der Waals surface area contributed by atoms with E-state index >= 15 is 0 Å². The number of anilines is 1. The van der Waals surface area contributed by atoms with Crippen LogP contribution >= 0.6 is 0 Å². The zero-order valence-electron chi connectivity index (χ0n) is 9.16. The lowest BCUT2D eigenvalue weighted by molar-refractivity contribution is -0.112. The molecule has 88 valence electrons. The fourth-order valence-corrected chi connectivity index (χ4v) is 1.25. The lowest BCUT2D eigenvalue weighted by Crippen LogP contribution is -2.14. The van der Waals surface area contributed by atoms with Gasteiger partial charge in [0.2, 0.25) is 0 Å². The number of carbonyl (C=O) groups is 1. The minimum atomic E-state index is -0.581. The number of carbonyl (C=O) groups excluding carboxylic acids is 1. The summed E-state index contributed by atoms with van der Waals surface area (Å²) in [6.45, 7) is 0. The van der Waals surface area contributed by atoms with E-state index in [1.807, 2.05) is 24.3 Å². The minimum Gasteiger partial charge on any atom is -0.287 e. The van der Waals surface area contributed by atoms with Crippen LogP contribution in [-0.2, 0) is 4.79 Å². The third kappa shape index (κ3) is 2.76. The number of H-pyrrole nitrogens is 1. The molecule has 1 heterocycles. The van der Waals surface area contributed by atoms with Crippen LogP contribution in [-0.4, -0.2) is 26.5 Å². The van der Waals surface area contributed by atoms with Crippen LogP contribution in [0.4, 0.5) is 5.95 Å².